The molecule has 0 aliphatic rings. The number of hydrogen-bond donors (Lipinski definition) is 0. The van der Waals surface area contributed by atoms with Gasteiger partial charge in [0.1, 0.15) is 23.4 Å². The van der Waals surface area contributed by atoms with Gasteiger partial charge in [-0.1, -0.05) is 0 Å². The lowest BCUT2D eigenvalue weighted by molar-refractivity contribution is 0.399. The highest BCUT2D eigenvalue weighted by Crippen LogP contribution is 2.31. The summed E-state index contributed by atoms with van der Waals surface area (Å²) in [6.45, 7) is 4.32. The van der Waals surface area contributed by atoms with Crippen LogP contribution in [0.25, 0.3) is 27.8 Å². The molecule has 0 aliphatic heterocycles. The lowest BCUT2D eigenvalue weighted by Gasteiger charge is -2.06. The lowest BCUT2D eigenvalue weighted by Crippen LogP contribution is -2.01. The molecule has 0 saturated carbocycles. The van der Waals surface area contributed by atoms with Gasteiger partial charge in [-0.2, -0.15) is 10.1 Å². The predicted octanol–water partition coefficient (Wildman–Crippen LogP) is 2.80. The van der Waals surface area contributed by atoms with Crippen molar-refractivity contribution in [1.82, 2.24) is 34.1 Å². The predicted molar refractivity (Wildman–Crippen MR) is 101 cm³/mol. The van der Waals surface area contributed by atoms with E-state index < -0.39 is 0 Å². The zero-order valence-electron chi connectivity index (χ0n) is 15.6. The first kappa shape index (κ1) is 16.4. The number of rotatable bonds is 4. The van der Waals surface area contributed by atoms with Crippen molar-refractivity contribution >= 4 is 16.7 Å². The van der Waals surface area contributed by atoms with Crippen molar-refractivity contribution in [2.75, 3.05) is 7.11 Å². The van der Waals surface area contributed by atoms with Crippen LogP contribution in [0.1, 0.15) is 17.5 Å². The average Bonchev–Trinajstić information content (AvgIpc) is 3.39. The molecule has 0 atom stereocenters. The normalized spacial score (nSPS) is 11.5. The maximum atomic E-state index is 5.63. The number of pyridine rings is 1. The first-order valence-corrected chi connectivity index (χ1v) is 8.75. The molecule has 0 bridgehead atoms. The summed E-state index contributed by atoms with van der Waals surface area (Å²) in [6, 6.07) is 4.04. The van der Waals surface area contributed by atoms with Crippen LogP contribution in [0, 0.1) is 13.8 Å². The minimum absolute atomic E-state index is 0.511. The third-order valence-electron chi connectivity index (χ3n) is 4.70. The molecule has 0 aromatic carbocycles. The van der Waals surface area contributed by atoms with Crippen molar-refractivity contribution in [1.29, 1.82) is 0 Å². The highest BCUT2D eigenvalue weighted by molar-refractivity contribution is 5.87. The summed E-state index contributed by atoms with van der Waals surface area (Å²) < 4.78 is 14.9. The molecule has 0 aliphatic carbocycles. The third kappa shape index (κ3) is 2.51. The number of nitrogens with zero attached hydrogens (tertiary/aromatic N) is 7. The standard InChI is InChI=1S/C19H17N7O2/c1-11-24-18-16(25(11)9-14-8-20-12(2)28-14)6-13(7-21-18)15-4-5-26-17(15)19(27-3)22-10-23-26/h4-8,10H,9H2,1-3H3. The van der Waals surface area contributed by atoms with Crippen LogP contribution in [0.3, 0.4) is 0 Å². The van der Waals surface area contributed by atoms with Gasteiger partial charge in [-0.05, 0) is 19.1 Å². The van der Waals surface area contributed by atoms with E-state index in [9.17, 15) is 0 Å². The van der Waals surface area contributed by atoms with Crippen molar-refractivity contribution in [3.8, 4) is 17.0 Å². The van der Waals surface area contributed by atoms with Gasteiger partial charge in [0.2, 0.25) is 5.88 Å². The first-order chi connectivity index (χ1) is 13.6. The van der Waals surface area contributed by atoms with Gasteiger partial charge in [0.15, 0.2) is 11.5 Å². The molecule has 5 aromatic heterocycles. The second-order valence-electron chi connectivity index (χ2n) is 6.45. The van der Waals surface area contributed by atoms with Crippen molar-refractivity contribution in [3.05, 3.63) is 54.5 Å². The molecule has 0 spiro atoms. The maximum Gasteiger partial charge on any atom is 0.241 e. The van der Waals surface area contributed by atoms with Gasteiger partial charge in [-0.3, -0.25) is 0 Å². The van der Waals surface area contributed by atoms with Gasteiger partial charge in [-0.15, -0.1) is 0 Å². The van der Waals surface area contributed by atoms with Gasteiger partial charge in [-0.25, -0.2) is 19.5 Å². The molecule has 5 heterocycles. The Balaban J connectivity index is 1.67. The lowest BCUT2D eigenvalue weighted by atomic mass is 10.1. The Morgan fingerprint density at radius 3 is 2.82 bits per heavy atom. The van der Waals surface area contributed by atoms with E-state index in [4.69, 9.17) is 9.15 Å². The number of ether oxygens (including phenoxy) is 1. The molecular weight excluding hydrogens is 358 g/mol. The van der Waals surface area contributed by atoms with Gasteiger partial charge in [0.05, 0.1) is 25.4 Å². The minimum Gasteiger partial charge on any atom is -0.479 e. The molecule has 0 amide bonds. The molecule has 0 saturated heterocycles. The van der Waals surface area contributed by atoms with E-state index >= 15 is 0 Å². The Morgan fingerprint density at radius 2 is 2.04 bits per heavy atom. The quantitative estimate of drug-likeness (QED) is 0.476. The second kappa shape index (κ2) is 6.15. The fraction of sp³-hybridized carbons (Fsp3) is 0.211. The van der Waals surface area contributed by atoms with Crippen LogP contribution >= 0.6 is 0 Å². The zero-order chi connectivity index (χ0) is 19.3. The molecule has 5 rings (SSSR count). The summed E-state index contributed by atoms with van der Waals surface area (Å²) in [4.78, 5) is 17.5. The number of imidazole rings is 1. The van der Waals surface area contributed by atoms with Gasteiger partial charge < -0.3 is 13.7 Å². The molecule has 0 fully saturated rings. The van der Waals surface area contributed by atoms with E-state index in [1.165, 1.54) is 6.33 Å². The van der Waals surface area contributed by atoms with Crippen LogP contribution in [0.15, 0.2) is 41.5 Å². The maximum absolute atomic E-state index is 5.63. The Bertz CT molecular complexity index is 1310. The Kier molecular flexibility index (Phi) is 3.61. The second-order valence-corrected chi connectivity index (χ2v) is 6.45. The molecule has 0 radical (unpaired) electrons. The number of oxazole rings is 1. The summed E-state index contributed by atoms with van der Waals surface area (Å²) >= 11 is 0. The van der Waals surface area contributed by atoms with Crippen LogP contribution in [0.5, 0.6) is 5.88 Å². The third-order valence-corrected chi connectivity index (χ3v) is 4.70. The molecular formula is C19H17N7O2. The number of aryl methyl sites for hydroxylation is 2. The van der Waals surface area contributed by atoms with Gasteiger partial charge in [0, 0.05) is 30.4 Å². The van der Waals surface area contributed by atoms with Crippen LogP contribution in [-0.4, -0.2) is 41.2 Å². The molecule has 0 unspecified atom stereocenters. The number of fused-ring (bicyclic) bond motifs is 2. The summed E-state index contributed by atoms with van der Waals surface area (Å²) in [5, 5.41) is 4.25. The molecule has 0 N–H and O–H groups in total. The van der Waals surface area contributed by atoms with Gasteiger partial charge >= 0.3 is 0 Å². The highest BCUT2D eigenvalue weighted by Gasteiger charge is 2.16. The van der Waals surface area contributed by atoms with Crippen LogP contribution < -0.4 is 4.74 Å². The summed E-state index contributed by atoms with van der Waals surface area (Å²) in [6.07, 6.45) is 6.88. The Morgan fingerprint density at radius 1 is 1.14 bits per heavy atom. The topological polar surface area (TPSA) is 96.2 Å². The molecule has 9 heteroatoms. The minimum atomic E-state index is 0.511. The fourth-order valence-electron chi connectivity index (χ4n) is 3.41. The monoisotopic (exact) mass is 375 g/mol. The summed E-state index contributed by atoms with van der Waals surface area (Å²) in [5.74, 6) is 2.78. The number of aromatic nitrogens is 7. The van der Waals surface area contributed by atoms with Crippen molar-refractivity contribution in [2.45, 2.75) is 20.4 Å². The molecule has 140 valence electrons. The van der Waals surface area contributed by atoms with Gasteiger partial charge in [0.25, 0.3) is 0 Å². The molecule has 9 nitrogen and oxygen atoms in total. The molecule has 28 heavy (non-hydrogen) atoms. The van der Waals surface area contributed by atoms with E-state index in [1.807, 2.05) is 26.1 Å². The van der Waals surface area contributed by atoms with E-state index in [0.717, 1.165) is 33.7 Å². The zero-order valence-corrected chi connectivity index (χ0v) is 15.6. The average molecular weight is 375 g/mol. The highest BCUT2D eigenvalue weighted by atomic mass is 16.5. The van der Waals surface area contributed by atoms with Crippen molar-refractivity contribution < 1.29 is 9.15 Å². The SMILES string of the molecule is COc1ncnn2ccc(-c3cnc4nc(C)n(Cc5cnc(C)o5)c4c3)c12. The molecule has 5 aromatic rings. The number of hydrogen-bond acceptors (Lipinski definition) is 7. The summed E-state index contributed by atoms with van der Waals surface area (Å²) in [7, 11) is 1.60. The van der Waals surface area contributed by atoms with E-state index in [-0.39, 0.29) is 0 Å². The largest absolute Gasteiger partial charge is 0.479 e. The van der Waals surface area contributed by atoms with Crippen LogP contribution in [0.2, 0.25) is 0 Å². The van der Waals surface area contributed by atoms with E-state index in [2.05, 4.69) is 35.7 Å². The number of methoxy groups -OCH3 is 1. The van der Waals surface area contributed by atoms with Crippen LogP contribution in [-0.2, 0) is 6.54 Å². The Hall–Kier alpha value is -3.75. The van der Waals surface area contributed by atoms with E-state index in [1.54, 1.807) is 24.0 Å². The van der Waals surface area contributed by atoms with E-state index in [0.29, 0.717) is 24.0 Å². The van der Waals surface area contributed by atoms with Crippen molar-refractivity contribution in [3.63, 3.8) is 0 Å². The fourth-order valence-corrected chi connectivity index (χ4v) is 3.41. The summed E-state index contributed by atoms with van der Waals surface area (Å²) in [5.41, 5.74) is 4.26. The van der Waals surface area contributed by atoms with Crippen molar-refractivity contribution in [2.24, 2.45) is 0 Å². The Labute approximate surface area is 159 Å². The van der Waals surface area contributed by atoms with Crippen LogP contribution in [0.4, 0.5) is 0 Å². The first-order valence-electron chi connectivity index (χ1n) is 8.75. The smallest absolute Gasteiger partial charge is 0.241 e.